The van der Waals surface area contributed by atoms with Gasteiger partial charge in [0.2, 0.25) is 0 Å². The van der Waals surface area contributed by atoms with E-state index in [0.717, 1.165) is 23.5 Å². The number of hydrogen-bond donors (Lipinski definition) is 1. The highest BCUT2D eigenvalue weighted by Gasteiger charge is 2.10. The van der Waals surface area contributed by atoms with E-state index in [9.17, 15) is 4.39 Å². The summed E-state index contributed by atoms with van der Waals surface area (Å²) in [4.78, 5) is 2.09. The van der Waals surface area contributed by atoms with E-state index >= 15 is 0 Å². The molecule has 0 aliphatic carbocycles. The molecule has 0 aliphatic heterocycles. The number of nitrogens with one attached hydrogen (secondary N) is 1. The lowest BCUT2D eigenvalue weighted by molar-refractivity contribution is 0.550. The lowest BCUT2D eigenvalue weighted by atomic mass is 10.1. The van der Waals surface area contributed by atoms with Crippen molar-refractivity contribution in [1.82, 2.24) is 5.32 Å². The standard InChI is InChI=1S/C18H23FN2/c1-14(2)12-20-13-15-11-16(19)9-10-18(15)21(3)17-7-5-4-6-8-17/h4-11,14,20H,12-13H2,1-3H3. The fraction of sp³-hybridized carbons (Fsp3) is 0.333. The highest BCUT2D eigenvalue weighted by atomic mass is 19.1. The summed E-state index contributed by atoms with van der Waals surface area (Å²) in [6.45, 7) is 5.92. The van der Waals surface area contributed by atoms with E-state index in [2.05, 4.69) is 36.2 Å². The molecular formula is C18H23FN2. The van der Waals surface area contributed by atoms with Gasteiger partial charge in [-0.05, 0) is 48.4 Å². The monoisotopic (exact) mass is 286 g/mol. The molecule has 0 saturated carbocycles. The number of hydrogen-bond acceptors (Lipinski definition) is 2. The molecule has 0 aromatic heterocycles. The normalized spacial score (nSPS) is 10.9. The van der Waals surface area contributed by atoms with Crippen molar-refractivity contribution in [3.63, 3.8) is 0 Å². The van der Waals surface area contributed by atoms with Crippen LogP contribution in [0.15, 0.2) is 48.5 Å². The van der Waals surface area contributed by atoms with Crippen LogP contribution in [0.3, 0.4) is 0 Å². The summed E-state index contributed by atoms with van der Waals surface area (Å²) < 4.78 is 13.6. The fourth-order valence-corrected chi connectivity index (χ4v) is 2.31. The van der Waals surface area contributed by atoms with Crippen molar-refractivity contribution in [2.75, 3.05) is 18.5 Å². The number of benzene rings is 2. The van der Waals surface area contributed by atoms with Crippen LogP contribution < -0.4 is 10.2 Å². The van der Waals surface area contributed by atoms with Crippen LogP contribution in [-0.4, -0.2) is 13.6 Å². The van der Waals surface area contributed by atoms with E-state index in [1.165, 1.54) is 6.07 Å². The molecule has 0 heterocycles. The van der Waals surface area contributed by atoms with Crippen molar-refractivity contribution in [2.24, 2.45) is 5.92 Å². The van der Waals surface area contributed by atoms with Gasteiger partial charge in [0.05, 0.1) is 0 Å². The van der Waals surface area contributed by atoms with Crippen molar-refractivity contribution in [1.29, 1.82) is 0 Å². The molecule has 0 bridgehead atoms. The fourth-order valence-electron chi connectivity index (χ4n) is 2.31. The zero-order chi connectivity index (χ0) is 15.2. The molecule has 0 radical (unpaired) electrons. The molecule has 0 fully saturated rings. The zero-order valence-corrected chi connectivity index (χ0v) is 12.9. The molecule has 2 nitrogen and oxygen atoms in total. The van der Waals surface area contributed by atoms with E-state index in [0.29, 0.717) is 12.5 Å². The van der Waals surface area contributed by atoms with Gasteiger partial charge < -0.3 is 10.2 Å². The molecule has 2 aromatic rings. The number of para-hydroxylation sites is 1. The topological polar surface area (TPSA) is 15.3 Å². The number of anilines is 2. The average Bonchev–Trinajstić information content (AvgIpc) is 2.47. The Bertz CT molecular complexity index is 567. The minimum atomic E-state index is -0.193. The zero-order valence-electron chi connectivity index (χ0n) is 12.9. The first-order valence-corrected chi connectivity index (χ1v) is 7.36. The molecule has 1 N–H and O–H groups in total. The van der Waals surface area contributed by atoms with Gasteiger partial charge in [-0.25, -0.2) is 4.39 Å². The summed E-state index contributed by atoms with van der Waals surface area (Å²) in [6, 6.07) is 15.1. The van der Waals surface area contributed by atoms with Gasteiger partial charge in [-0.15, -0.1) is 0 Å². The molecule has 0 atom stereocenters. The first-order valence-electron chi connectivity index (χ1n) is 7.36. The highest BCUT2D eigenvalue weighted by molar-refractivity contribution is 5.65. The third kappa shape index (κ3) is 4.30. The van der Waals surface area contributed by atoms with Gasteiger partial charge in [-0.1, -0.05) is 32.0 Å². The maximum Gasteiger partial charge on any atom is 0.123 e. The molecule has 2 aromatic carbocycles. The lowest BCUT2D eigenvalue weighted by Crippen LogP contribution is -2.21. The van der Waals surface area contributed by atoms with E-state index in [-0.39, 0.29) is 5.82 Å². The van der Waals surface area contributed by atoms with Crippen LogP contribution in [0.2, 0.25) is 0 Å². The maximum absolute atomic E-state index is 13.6. The van der Waals surface area contributed by atoms with Crippen LogP contribution in [0.25, 0.3) is 0 Å². The van der Waals surface area contributed by atoms with Crippen LogP contribution in [0.5, 0.6) is 0 Å². The minimum Gasteiger partial charge on any atom is -0.344 e. The Labute approximate surface area is 126 Å². The molecule has 2 rings (SSSR count). The summed E-state index contributed by atoms with van der Waals surface area (Å²) in [5.41, 5.74) is 3.09. The van der Waals surface area contributed by atoms with Crippen molar-refractivity contribution in [3.05, 3.63) is 59.9 Å². The van der Waals surface area contributed by atoms with Gasteiger partial charge >= 0.3 is 0 Å². The largest absolute Gasteiger partial charge is 0.344 e. The Morgan fingerprint density at radius 1 is 1.10 bits per heavy atom. The summed E-state index contributed by atoms with van der Waals surface area (Å²) in [5.74, 6) is 0.385. The summed E-state index contributed by atoms with van der Waals surface area (Å²) >= 11 is 0. The Morgan fingerprint density at radius 2 is 1.81 bits per heavy atom. The summed E-state index contributed by atoms with van der Waals surface area (Å²) in [7, 11) is 2.01. The molecular weight excluding hydrogens is 263 g/mol. The SMILES string of the molecule is CC(C)CNCc1cc(F)ccc1N(C)c1ccccc1. The summed E-state index contributed by atoms with van der Waals surface area (Å²) in [6.07, 6.45) is 0. The minimum absolute atomic E-state index is 0.193. The maximum atomic E-state index is 13.6. The van der Waals surface area contributed by atoms with Crippen LogP contribution in [0.4, 0.5) is 15.8 Å². The predicted octanol–water partition coefficient (Wildman–Crippen LogP) is 4.34. The third-order valence-corrected chi connectivity index (χ3v) is 3.41. The van der Waals surface area contributed by atoms with Crippen LogP contribution >= 0.6 is 0 Å². The Hall–Kier alpha value is -1.87. The third-order valence-electron chi connectivity index (χ3n) is 3.41. The molecule has 0 aliphatic rings. The molecule has 112 valence electrons. The van der Waals surface area contributed by atoms with E-state index in [1.54, 1.807) is 6.07 Å². The van der Waals surface area contributed by atoms with Crippen LogP contribution in [0.1, 0.15) is 19.4 Å². The first-order chi connectivity index (χ1) is 10.1. The molecule has 0 saturated heterocycles. The Balaban J connectivity index is 2.22. The molecule has 21 heavy (non-hydrogen) atoms. The average molecular weight is 286 g/mol. The molecule has 3 heteroatoms. The molecule has 0 amide bonds. The molecule has 0 unspecified atom stereocenters. The smallest absolute Gasteiger partial charge is 0.123 e. The van der Waals surface area contributed by atoms with Gasteiger partial charge in [0.25, 0.3) is 0 Å². The number of halogens is 1. The first kappa shape index (κ1) is 15.5. The van der Waals surface area contributed by atoms with Gasteiger partial charge in [0.15, 0.2) is 0 Å². The summed E-state index contributed by atoms with van der Waals surface area (Å²) in [5, 5.41) is 3.38. The Morgan fingerprint density at radius 3 is 2.48 bits per heavy atom. The van der Waals surface area contributed by atoms with Gasteiger partial charge in [-0.2, -0.15) is 0 Å². The van der Waals surface area contributed by atoms with Gasteiger partial charge in [0, 0.05) is 25.0 Å². The van der Waals surface area contributed by atoms with Gasteiger partial charge in [-0.3, -0.25) is 0 Å². The van der Waals surface area contributed by atoms with Crippen LogP contribution in [0, 0.1) is 11.7 Å². The quantitative estimate of drug-likeness (QED) is 0.850. The van der Waals surface area contributed by atoms with Crippen LogP contribution in [-0.2, 0) is 6.54 Å². The van der Waals surface area contributed by atoms with Crippen molar-refractivity contribution in [3.8, 4) is 0 Å². The van der Waals surface area contributed by atoms with Gasteiger partial charge in [0.1, 0.15) is 5.82 Å². The second kappa shape index (κ2) is 7.23. The van der Waals surface area contributed by atoms with E-state index < -0.39 is 0 Å². The lowest BCUT2D eigenvalue weighted by Gasteiger charge is -2.23. The predicted molar refractivity (Wildman–Crippen MR) is 87.4 cm³/mol. The van der Waals surface area contributed by atoms with Crippen molar-refractivity contribution >= 4 is 11.4 Å². The second-order valence-corrected chi connectivity index (χ2v) is 5.69. The van der Waals surface area contributed by atoms with E-state index in [4.69, 9.17) is 0 Å². The van der Waals surface area contributed by atoms with Crippen molar-refractivity contribution in [2.45, 2.75) is 20.4 Å². The van der Waals surface area contributed by atoms with Crippen molar-refractivity contribution < 1.29 is 4.39 Å². The second-order valence-electron chi connectivity index (χ2n) is 5.69. The molecule has 0 spiro atoms. The number of nitrogens with zero attached hydrogens (tertiary/aromatic N) is 1. The number of rotatable bonds is 6. The van der Waals surface area contributed by atoms with E-state index in [1.807, 2.05) is 31.3 Å². The Kier molecular flexibility index (Phi) is 5.34. The highest BCUT2D eigenvalue weighted by Crippen LogP contribution is 2.27.